The summed E-state index contributed by atoms with van der Waals surface area (Å²) in [5, 5.41) is 1.12. The number of hydrogen-bond acceptors (Lipinski definition) is 5. The number of methoxy groups -OCH3 is 2. The maximum absolute atomic E-state index is 13.4. The third-order valence-electron chi connectivity index (χ3n) is 8.45. The van der Waals surface area contributed by atoms with Crippen LogP contribution >= 0.6 is 0 Å². The summed E-state index contributed by atoms with van der Waals surface area (Å²) in [6.45, 7) is 2.80. The summed E-state index contributed by atoms with van der Waals surface area (Å²) in [5.41, 5.74) is 4.35. The van der Waals surface area contributed by atoms with E-state index in [4.69, 9.17) is 9.47 Å². The fourth-order valence-corrected chi connectivity index (χ4v) is 6.66. The smallest absolute Gasteiger partial charge is 0.401 e. The molecule has 2 aliphatic heterocycles. The van der Waals surface area contributed by atoms with Crippen LogP contribution < -0.4 is 4.74 Å². The van der Waals surface area contributed by atoms with Crippen LogP contribution in [0.3, 0.4) is 0 Å². The fourth-order valence-electron chi connectivity index (χ4n) is 6.66. The SMILES string of the molecule is COC(=O)c1ccc(C23CCN(CC(F)(F)F)C(CCN2Cc2c(OC)cc(C)c4c2ccn4C)C3)cc1. The van der Waals surface area contributed by atoms with Crippen LogP contribution in [0.4, 0.5) is 13.2 Å². The lowest BCUT2D eigenvalue weighted by Gasteiger charge is -2.56. The Labute approximate surface area is 220 Å². The summed E-state index contributed by atoms with van der Waals surface area (Å²) in [6.07, 6.45) is -0.378. The molecule has 3 aromatic rings. The number of likely N-dealkylation sites (tertiary alicyclic amines) is 2. The van der Waals surface area contributed by atoms with Gasteiger partial charge < -0.3 is 14.0 Å². The van der Waals surface area contributed by atoms with E-state index in [0.717, 1.165) is 33.3 Å². The molecule has 0 saturated carbocycles. The first-order valence-corrected chi connectivity index (χ1v) is 12.9. The van der Waals surface area contributed by atoms with E-state index in [1.54, 1.807) is 24.1 Å². The molecule has 0 spiro atoms. The highest BCUT2D eigenvalue weighted by Crippen LogP contribution is 2.48. The van der Waals surface area contributed by atoms with Gasteiger partial charge in [0.2, 0.25) is 0 Å². The number of benzene rings is 2. The molecular weight excluding hydrogens is 495 g/mol. The quantitative estimate of drug-likeness (QED) is 0.400. The number of halogens is 3. The highest BCUT2D eigenvalue weighted by atomic mass is 19.4. The Bertz CT molecular complexity index is 1330. The molecule has 2 unspecified atom stereocenters. The lowest BCUT2D eigenvalue weighted by atomic mass is 9.72. The van der Waals surface area contributed by atoms with Crippen molar-refractivity contribution in [2.24, 2.45) is 7.05 Å². The van der Waals surface area contributed by atoms with Crippen LogP contribution in [-0.2, 0) is 23.9 Å². The molecule has 3 heterocycles. The van der Waals surface area contributed by atoms with Crippen molar-refractivity contribution in [2.75, 3.05) is 33.9 Å². The van der Waals surface area contributed by atoms with Gasteiger partial charge in [0.05, 0.1) is 31.8 Å². The second-order valence-corrected chi connectivity index (χ2v) is 10.6. The molecule has 0 aliphatic carbocycles. The van der Waals surface area contributed by atoms with E-state index in [1.807, 2.05) is 25.4 Å². The molecule has 2 fully saturated rings. The Morgan fingerprint density at radius 1 is 1.13 bits per heavy atom. The van der Waals surface area contributed by atoms with Crippen molar-refractivity contribution in [3.05, 3.63) is 64.8 Å². The highest BCUT2D eigenvalue weighted by molar-refractivity contribution is 5.89. The van der Waals surface area contributed by atoms with E-state index in [-0.39, 0.29) is 6.04 Å². The van der Waals surface area contributed by atoms with Gasteiger partial charge in [0.15, 0.2) is 0 Å². The summed E-state index contributed by atoms with van der Waals surface area (Å²) in [5.74, 6) is 0.400. The second-order valence-electron chi connectivity index (χ2n) is 10.6. The number of piperidine rings is 2. The normalized spacial score (nSPS) is 22.6. The average molecular weight is 530 g/mol. The van der Waals surface area contributed by atoms with Gasteiger partial charge in [-0.2, -0.15) is 13.2 Å². The van der Waals surface area contributed by atoms with Crippen molar-refractivity contribution in [2.45, 2.75) is 50.5 Å². The number of alkyl halides is 3. The van der Waals surface area contributed by atoms with E-state index in [2.05, 4.69) is 28.5 Å². The zero-order chi connectivity index (χ0) is 27.2. The minimum Gasteiger partial charge on any atom is -0.496 e. The molecule has 2 saturated heterocycles. The number of hydrogen-bond donors (Lipinski definition) is 0. The maximum atomic E-state index is 13.4. The predicted octanol–water partition coefficient (Wildman–Crippen LogP) is 5.41. The number of aromatic nitrogens is 1. The summed E-state index contributed by atoms with van der Waals surface area (Å²) >= 11 is 0. The van der Waals surface area contributed by atoms with E-state index in [0.29, 0.717) is 44.5 Å². The van der Waals surface area contributed by atoms with E-state index < -0.39 is 24.2 Å². The number of esters is 1. The Morgan fingerprint density at radius 2 is 1.87 bits per heavy atom. The molecule has 2 aromatic carbocycles. The van der Waals surface area contributed by atoms with Crippen LogP contribution in [0.1, 0.15) is 46.3 Å². The van der Waals surface area contributed by atoms with Gasteiger partial charge in [-0.25, -0.2) is 4.79 Å². The van der Waals surface area contributed by atoms with Gasteiger partial charge in [-0.3, -0.25) is 9.80 Å². The summed E-state index contributed by atoms with van der Waals surface area (Å²) in [6, 6.07) is 11.4. The average Bonchev–Trinajstić information content (AvgIpc) is 3.29. The van der Waals surface area contributed by atoms with Crippen molar-refractivity contribution in [3.8, 4) is 5.75 Å². The first kappa shape index (κ1) is 26.6. The van der Waals surface area contributed by atoms with Crippen LogP contribution in [0, 0.1) is 6.92 Å². The van der Waals surface area contributed by atoms with Gasteiger partial charge in [0.1, 0.15) is 5.75 Å². The monoisotopic (exact) mass is 529 g/mol. The lowest BCUT2D eigenvalue weighted by molar-refractivity contribution is -0.167. The van der Waals surface area contributed by atoms with Crippen molar-refractivity contribution in [1.29, 1.82) is 0 Å². The number of nitrogens with zero attached hydrogens (tertiary/aromatic N) is 3. The Morgan fingerprint density at radius 3 is 2.53 bits per heavy atom. The third-order valence-corrected chi connectivity index (χ3v) is 8.45. The van der Waals surface area contributed by atoms with Gasteiger partial charge in [-0.15, -0.1) is 0 Å². The molecule has 2 aliphatic rings. The number of ether oxygens (including phenoxy) is 2. The number of rotatable bonds is 6. The number of fused-ring (bicyclic) bond motifs is 3. The molecule has 38 heavy (non-hydrogen) atoms. The summed E-state index contributed by atoms with van der Waals surface area (Å²) in [7, 11) is 5.05. The topological polar surface area (TPSA) is 46.9 Å². The number of aryl methyl sites for hydroxylation is 2. The minimum absolute atomic E-state index is 0.168. The second kappa shape index (κ2) is 9.93. The number of carbonyl (C=O) groups excluding carboxylic acids is 1. The molecule has 0 amide bonds. The Kier molecular flexibility index (Phi) is 6.94. The van der Waals surface area contributed by atoms with E-state index in [9.17, 15) is 18.0 Å². The molecule has 0 radical (unpaired) electrons. The molecule has 5 rings (SSSR count). The highest BCUT2D eigenvalue weighted by Gasteiger charge is 2.50. The molecule has 6 nitrogen and oxygen atoms in total. The van der Waals surface area contributed by atoms with Crippen LogP contribution in [-0.4, -0.2) is 66.4 Å². The standard InChI is InChI=1S/C29H34F3N3O3/c1-19-15-25(37-3)24(23-10-12-33(2)26(19)23)17-35-13-9-22-16-28(35,11-14-34(22)18-29(30,31)32)21-7-5-20(6-8-21)27(36)38-4/h5-8,10,12,15,22H,9,11,13-14,16-18H2,1-4H3. The molecule has 9 heteroatoms. The van der Waals surface area contributed by atoms with Crippen LogP contribution in [0.2, 0.25) is 0 Å². The molecule has 0 N–H and O–H groups in total. The third kappa shape index (κ3) is 4.66. The zero-order valence-corrected chi connectivity index (χ0v) is 22.3. The van der Waals surface area contributed by atoms with Gasteiger partial charge in [-0.05, 0) is 61.6 Å². The van der Waals surface area contributed by atoms with Gasteiger partial charge in [0.25, 0.3) is 0 Å². The molecular formula is C29H34F3N3O3. The lowest BCUT2D eigenvalue weighted by Crippen LogP contribution is -2.62. The van der Waals surface area contributed by atoms with Crippen LogP contribution in [0.5, 0.6) is 5.75 Å². The molecule has 2 bridgehead atoms. The van der Waals surface area contributed by atoms with Gasteiger partial charge in [0, 0.05) is 55.4 Å². The molecule has 1 aromatic heterocycles. The zero-order valence-electron chi connectivity index (χ0n) is 22.3. The van der Waals surface area contributed by atoms with Crippen molar-refractivity contribution in [3.63, 3.8) is 0 Å². The summed E-state index contributed by atoms with van der Waals surface area (Å²) < 4.78 is 52.9. The minimum atomic E-state index is -4.23. The van der Waals surface area contributed by atoms with Crippen molar-refractivity contribution >= 4 is 16.9 Å². The van der Waals surface area contributed by atoms with Crippen molar-refractivity contribution < 1.29 is 27.4 Å². The van der Waals surface area contributed by atoms with Gasteiger partial charge in [-0.1, -0.05) is 12.1 Å². The van der Waals surface area contributed by atoms with Gasteiger partial charge >= 0.3 is 12.1 Å². The Hall–Kier alpha value is -3.04. The first-order chi connectivity index (χ1) is 18.1. The predicted molar refractivity (Wildman–Crippen MR) is 139 cm³/mol. The Balaban J connectivity index is 1.56. The molecule has 2 atom stereocenters. The maximum Gasteiger partial charge on any atom is 0.401 e. The summed E-state index contributed by atoms with van der Waals surface area (Å²) in [4.78, 5) is 16.1. The van der Waals surface area contributed by atoms with E-state index in [1.165, 1.54) is 7.11 Å². The van der Waals surface area contributed by atoms with Crippen LogP contribution in [0.15, 0.2) is 42.6 Å². The molecule has 204 valence electrons. The largest absolute Gasteiger partial charge is 0.496 e. The van der Waals surface area contributed by atoms with Crippen molar-refractivity contribution in [1.82, 2.24) is 14.4 Å². The van der Waals surface area contributed by atoms with E-state index >= 15 is 0 Å². The van der Waals surface area contributed by atoms with Crippen LogP contribution in [0.25, 0.3) is 10.9 Å². The fraction of sp³-hybridized carbons (Fsp3) is 0.483. The first-order valence-electron chi connectivity index (χ1n) is 12.9. The number of carbonyl (C=O) groups is 1.